The van der Waals surface area contributed by atoms with Crippen LogP contribution in [-0.4, -0.2) is 34.0 Å². The van der Waals surface area contributed by atoms with E-state index in [2.05, 4.69) is 43.7 Å². The van der Waals surface area contributed by atoms with Crippen molar-refractivity contribution >= 4 is 48.7 Å². The fourth-order valence-electron chi connectivity index (χ4n) is 2.84. The van der Waals surface area contributed by atoms with Crippen LogP contribution in [0.4, 0.5) is 0 Å². The quantitative estimate of drug-likeness (QED) is 0.812. The molecule has 0 atom stereocenters. The maximum absolute atomic E-state index is 11.8. The first kappa shape index (κ1) is 14.9. The van der Waals surface area contributed by atoms with Gasteiger partial charge in [-0.15, -0.1) is 0 Å². The highest BCUT2D eigenvalue weighted by Crippen LogP contribution is 2.34. The molecule has 0 saturated carbocycles. The van der Waals surface area contributed by atoms with Crippen LogP contribution in [0.3, 0.4) is 0 Å². The molecule has 6 heteroatoms. The number of nitrogens with zero attached hydrogens (tertiary/aromatic N) is 2. The van der Waals surface area contributed by atoms with Crippen molar-refractivity contribution in [1.29, 1.82) is 0 Å². The number of halogens is 2. The molecule has 0 aliphatic carbocycles. The molecular formula is C15H14Br2N2O2. The summed E-state index contributed by atoms with van der Waals surface area (Å²) in [5.41, 5.74) is 2.87. The smallest absolute Gasteiger partial charge is 0.336 e. The van der Waals surface area contributed by atoms with Gasteiger partial charge in [0.25, 0.3) is 0 Å². The number of rotatable bonds is 2. The van der Waals surface area contributed by atoms with Crippen LogP contribution < -0.4 is 0 Å². The molecule has 0 bridgehead atoms. The molecule has 2 aromatic rings. The van der Waals surface area contributed by atoms with Crippen LogP contribution in [-0.2, 0) is 13.0 Å². The number of likely N-dealkylation sites (N-methyl/N-ethyl adjacent to an activating group) is 1. The van der Waals surface area contributed by atoms with Crippen molar-refractivity contribution in [3.8, 4) is 0 Å². The van der Waals surface area contributed by atoms with E-state index in [0.717, 1.165) is 45.2 Å². The second-order valence-corrected chi connectivity index (χ2v) is 6.89. The lowest BCUT2D eigenvalue weighted by atomic mass is 9.96. The molecule has 0 radical (unpaired) electrons. The van der Waals surface area contributed by atoms with Gasteiger partial charge in [-0.1, -0.05) is 22.9 Å². The van der Waals surface area contributed by atoms with Gasteiger partial charge in [-0.2, -0.15) is 0 Å². The van der Waals surface area contributed by atoms with Crippen LogP contribution in [0, 0.1) is 0 Å². The van der Waals surface area contributed by atoms with Crippen molar-refractivity contribution < 1.29 is 9.90 Å². The minimum absolute atomic E-state index is 0.384. The van der Waals surface area contributed by atoms with E-state index >= 15 is 0 Å². The first-order valence-corrected chi connectivity index (χ1v) is 8.36. The Kier molecular flexibility index (Phi) is 4.03. The molecule has 0 amide bonds. The summed E-state index contributed by atoms with van der Waals surface area (Å²) in [6, 6.07) is 3.73. The second kappa shape index (κ2) is 5.66. The van der Waals surface area contributed by atoms with E-state index in [4.69, 9.17) is 4.98 Å². The molecule has 1 aliphatic rings. The average Bonchev–Trinajstić information content (AvgIpc) is 2.44. The molecule has 4 nitrogen and oxygen atoms in total. The molecule has 0 fully saturated rings. The lowest BCUT2D eigenvalue weighted by Gasteiger charge is -2.28. The van der Waals surface area contributed by atoms with Crippen LogP contribution in [0.2, 0.25) is 0 Å². The molecule has 0 saturated heterocycles. The van der Waals surface area contributed by atoms with Gasteiger partial charge in [-0.3, -0.25) is 9.88 Å². The SMILES string of the molecule is CCN1CCc2nc3c(Br)cc(Br)cc3c(C(=O)O)c2C1. The number of benzene rings is 1. The number of fused-ring (bicyclic) bond motifs is 2. The van der Waals surface area contributed by atoms with Crippen molar-refractivity contribution in [1.82, 2.24) is 9.88 Å². The highest BCUT2D eigenvalue weighted by atomic mass is 79.9. The minimum atomic E-state index is -0.887. The standard InChI is InChI=1S/C15H14Br2N2O2/c1-2-19-4-3-12-10(7-19)13(15(20)21)9-5-8(16)6-11(17)14(9)18-12/h5-6H,2-4,7H2,1H3,(H,20,21). The zero-order valence-corrected chi connectivity index (χ0v) is 14.7. The van der Waals surface area contributed by atoms with E-state index in [1.165, 1.54) is 0 Å². The van der Waals surface area contributed by atoms with Crippen LogP contribution in [0.5, 0.6) is 0 Å². The predicted octanol–water partition coefficient (Wildman–Crippen LogP) is 3.84. The zero-order valence-electron chi connectivity index (χ0n) is 11.5. The van der Waals surface area contributed by atoms with Crippen molar-refractivity contribution in [2.75, 3.05) is 13.1 Å². The molecule has 110 valence electrons. The molecule has 2 heterocycles. The second-order valence-electron chi connectivity index (χ2n) is 5.12. The molecule has 21 heavy (non-hydrogen) atoms. The molecule has 0 unspecified atom stereocenters. The van der Waals surface area contributed by atoms with Gasteiger partial charge in [0.1, 0.15) is 0 Å². The predicted molar refractivity (Wildman–Crippen MR) is 88.8 cm³/mol. The number of hydrogen-bond acceptors (Lipinski definition) is 3. The zero-order chi connectivity index (χ0) is 15.1. The highest BCUT2D eigenvalue weighted by molar-refractivity contribution is 9.11. The topological polar surface area (TPSA) is 53.4 Å². The Labute approximate surface area is 139 Å². The van der Waals surface area contributed by atoms with Crippen LogP contribution in [0.1, 0.15) is 28.5 Å². The van der Waals surface area contributed by atoms with Gasteiger partial charge >= 0.3 is 5.97 Å². The highest BCUT2D eigenvalue weighted by Gasteiger charge is 2.25. The summed E-state index contributed by atoms with van der Waals surface area (Å²) in [7, 11) is 0. The monoisotopic (exact) mass is 412 g/mol. The van der Waals surface area contributed by atoms with Gasteiger partial charge < -0.3 is 5.11 Å². The van der Waals surface area contributed by atoms with Gasteiger partial charge in [-0.05, 0) is 34.6 Å². The number of aromatic nitrogens is 1. The third kappa shape index (κ3) is 2.60. The number of aromatic carboxylic acids is 1. The van der Waals surface area contributed by atoms with Crippen molar-refractivity contribution in [3.05, 3.63) is 37.9 Å². The first-order chi connectivity index (χ1) is 10.0. The maximum atomic E-state index is 11.8. The van der Waals surface area contributed by atoms with Crippen LogP contribution in [0.15, 0.2) is 21.1 Å². The third-order valence-electron chi connectivity index (χ3n) is 3.90. The molecule has 3 rings (SSSR count). The van der Waals surface area contributed by atoms with Crippen molar-refractivity contribution in [2.24, 2.45) is 0 Å². The van der Waals surface area contributed by atoms with E-state index in [1.807, 2.05) is 12.1 Å². The Morgan fingerprint density at radius 2 is 2.19 bits per heavy atom. The fraction of sp³-hybridized carbons (Fsp3) is 0.333. The lowest BCUT2D eigenvalue weighted by molar-refractivity contribution is 0.0695. The van der Waals surface area contributed by atoms with Crippen molar-refractivity contribution in [3.63, 3.8) is 0 Å². The van der Waals surface area contributed by atoms with E-state index in [-0.39, 0.29) is 0 Å². The average molecular weight is 414 g/mol. The number of carbonyl (C=O) groups is 1. The first-order valence-electron chi connectivity index (χ1n) is 6.77. The van der Waals surface area contributed by atoms with E-state index in [9.17, 15) is 9.90 Å². The Morgan fingerprint density at radius 3 is 2.86 bits per heavy atom. The molecular weight excluding hydrogens is 400 g/mol. The van der Waals surface area contributed by atoms with Crippen LogP contribution >= 0.6 is 31.9 Å². The summed E-state index contributed by atoms with van der Waals surface area (Å²) >= 11 is 6.92. The Morgan fingerprint density at radius 1 is 1.43 bits per heavy atom. The van der Waals surface area contributed by atoms with Gasteiger partial charge in [0.2, 0.25) is 0 Å². The molecule has 1 aromatic carbocycles. The van der Waals surface area contributed by atoms with E-state index in [1.54, 1.807) is 0 Å². The summed E-state index contributed by atoms with van der Waals surface area (Å²) in [4.78, 5) is 18.8. The molecule has 1 aliphatic heterocycles. The van der Waals surface area contributed by atoms with Gasteiger partial charge in [0, 0.05) is 45.1 Å². The number of carboxylic acid groups (broad SMARTS) is 1. The molecule has 1 N–H and O–H groups in total. The normalized spacial score (nSPS) is 15.2. The third-order valence-corrected chi connectivity index (χ3v) is 4.96. The van der Waals surface area contributed by atoms with Gasteiger partial charge in [0.15, 0.2) is 0 Å². The summed E-state index contributed by atoms with van der Waals surface area (Å²) in [6.07, 6.45) is 0.794. The molecule has 0 spiro atoms. The van der Waals surface area contributed by atoms with Gasteiger partial charge in [-0.25, -0.2) is 4.79 Å². The summed E-state index contributed by atoms with van der Waals surface area (Å²) in [6.45, 7) is 4.58. The Balaban J connectivity index is 2.35. The lowest BCUT2D eigenvalue weighted by Crippen LogP contribution is -2.32. The summed E-state index contributed by atoms with van der Waals surface area (Å²) < 4.78 is 1.66. The summed E-state index contributed by atoms with van der Waals surface area (Å²) in [5, 5.41) is 10.4. The summed E-state index contributed by atoms with van der Waals surface area (Å²) in [5.74, 6) is -0.887. The fourth-order valence-corrected chi connectivity index (χ4v) is 4.15. The maximum Gasteiger partial charge on any atom is 0.336 e. The van der Waals surface area contributed by atoms with E-state index in [0.29, 0.717) is 17.5 Å². The number of carboxylic acids is 1. The Hall–Kier alpha value is -0.980. The van der Waals surface area contributed by atoms with Crippen LogP contribution in [0.25, 0.3) is 10.9 Å². The van der Waals surface area contributed by atoms with Crippen molar-refractivity contribution in [2.45, 2.75) is 19.9 Å². The Bertz CT molecular complexity index is 746. The van der Waals surface area contributed by atoms with Gasteiger partial charge in [0.05, 0.1) is 11.1 Å². The molecule has 1 aromatic heterocycles. The number of hydrogen-bond donors (Lipinski definition) is 1. The largest absolute Gasteiger partial charge is 0.478 e. The minimum Gasteiger partial charge on any atom is -0.478 e. The number of pyridine rings is 1. The van der Waals surface area contributed by atoms with E-state index < -0.39 is 5.97 Å².